The summed E-state index contributed by atoms with van der Waals surface area (Å²) in [5.74, 6) is -0.342. The predicted molar refractivity (Wildman–Crippen MR) is 138 cm³/mol. The van der Waals surface area contributed by atoms with Gasteiger partial charge in [-0.05, 0) is 55.5 Å². The van der Waals surface area contributed by atoms with Gasteiger partial charge in [0.2, 0.25) is 5.91 Å². The molecule has 0 saturated carbocycles. The first-order valence-corrected chi connectivity index (χ1v) is 16.7. The van der Waals surface area contributed by atoms with Crippen LogP contribution in [0.15, 0.2) is 18.2 Å². The van der Waals surface area contributed by atoms with Gasteiger partial charge in [-0.3, -0.25) is 19.3 Å². The summed E-state index contributed by atoms with van der Waals surface area (Å²) in [6.45, 7) is 8.13. The smallest absolute Gasteiger partial charge is 0.407 e. The molecule has 11 heteroatoms. The number of imide groups is 1. The Labute approximate surface area is 218 Å². The minimum absolute atomic E-state index is 0.0832. The summed E-state index contributed by atoms with van der Waals surface area (Å²) >= 11 is 0. The number of carboxylic acid groups (broad SMARTS) is 1. The number of hydrogen-bond donors (Lipinski definition) is 1. The first-order valence-electron chi connectivity index (χ1n) is 13.0. The van der Waals surface area contributed by atoms with Crippen molar-refractivity contribution in [1.82, 2.24) is 14.7 Å². The Balaban J connectivity index is 1.37. The van der Waals surface area contributed by atoms with E-state index in [-0.39, 0.29) is 44.2 Å². The third-order valence-electron chi connectivity index (χ3n) is 7.30. The topological polar surface area (TPSA) is 117 Å². The molecule has 1 N–H and O–H groups in total. The van der Waals surface area contributed by atoms with E-state index in [2.05, 4.69) is 19.6 Å². The molecule has 2 atom stereocenters. The van der Waals surface area contributed by atoms with Crippen molar-refractivity contribution >= 4 is 31.9 Å². The lowest BCUT2D eigenvalue weighted by atomic mass is 10.0. The Bertz CT molecular complexity index is 1060. The van der Waals surface area contributed by atoms with E-state index in [1.165, 1.54) is 9.80 Å². The molecule has 10 nitrogen and oxygen atoms in total. The monoisotopic (exact) mass is 531 g/mol. The van der Waals surface area contributed by atoms with Crippen LogP contribution in [-0.4, -0.2) is 90.3 Å². The zero-order chi connectivity index (χ0) is 26.7. The molecule has 1 aromatic rings. The summed E-state index contributed by atoms with van der Waals surface area (Å²) in [6, 6.07) is 5.21. The van der Waals surface area contributed by atoms with Gasteiger partial charge in [-0.1, -0.05) is 19.6 Å². The van der Waals surface area contributed by atoms with E-state index < -0.39 is 26.1 Å². The highest BCUT2D eigenvalue weighted by atomic mass is 28.3. The first-order chi connectivity index (χ1) is 17.5. The summed E-state index contributed by atoms with van der Waals surface area (Å²) in [4.78, 5) is 54.4. The molecule has 0 aliphatic carbocycles. The van der Waals surface area contributed by atoms with Crippen molar-refractivity contribution < 1.29 is 33.8 Å². The maximum Gasteiger partial charge on any atom is 0.407 e. The fourth-order valence-corrected chi connectivity index (χ4v) is 5.82. The minimum Gasteiger partial charge on any atom is -0.491 e. The highest BCUT2D eigenvalue weighted by molar-refractivity contribution is 6.76. The van der Waals surface area contributed by atoms with Crippen molar-refractivity contribution in [2.45, 2.75) is 76.4 Å². The average molecular weight is 532 g/mol. The third-order valence-corrected chi connectivity index (χ3v) is 9.00. The Morgan fingerprint density at radius 2 is 1.92 bits per heavy atom. The lowest BCUT2D eigenvalue weighted by Crippen LogP contribution is -2.55. The Morgan fingerprint density at radius 1 is 1.14 bits per heavy atom. The van der Waals surface area contributed by atoms with E-state index in [9.17, 15) is 24.3 Å². The Kier molecular flexibility index (Phi) is 8.22. The molecule has 2 fully saturated rings. The maximum absolute atomic E-state index is 13.2. The highest BCUT2D eigenvalue weighted by Crippen LogP contribution is 2.31. The molecule has 3 heterocycles. The number of amides is 4. The average Bonchev–Trinajstić information content (AvgIpc) is 3.17. The zero-order valence-electron chi connectivity index (χ0n) is 21.9. The SMILES string of the molecule is C[Si](C)(C)CCOCN1C(=O)CCC(N2Cc3cc(OC[C@@H]4CCCCN4C(=O)O)ccc3C2=O)C1=O. The van der Waals surface area contributed by atoms with Crippen molar-refractivity contribution in [2.24, 2.45) is 0 Å². The zero-order valence-corrected chi connectivity index (χ0v) is 22.9. The van der Waals surface area contributed by atoms with E-state index >= 15 is 0 Å². The fourth-order valence-electron chi connectivity index (χ4n) is 5.06. The molecule has 0 radical (unpaired) electrons. The molecule has 3 aliphatic rings. The van der Waals surface area contributed by atoms with Gasteiger partial charge >= 0.3 is 6.09 Å². The van der Waals surface area contributed by atoms with Gasteiger partial charge in [0.05, 0.1) is 6.04 Å². The number of piperidine rings is 2. The number of carbonyl (C=O) groups is 4. The molecule has 0 bridgehead atoms. The van der Waals surface area contributed by atoms with Crippen molar-refractivity contribution in [1.29, 1.82) is 0 Å². The van der Waals surface area contributed by atoms with Crippen LogP contribution in [0.3, 0.4) is 0 Å². The molecule has 202 valence electrons. The van der Waals surface area contributed by atoms with Gasteiger partial charge in [-0.15, -0.1) is 0 Å². The van der Waals surface area contributed by atoms with Crippen LogP contribution in [0.4, 0.5) is 4.79 Å². The van der Waals surface area contributed by atoms with Crippen molar-refractivity contribution in [3.05, 3.63) is 29.3 Å². The number of rotatable bonds is 9. The van der Waals surface area contributed by atoms with Crippen LogP contribution in [0.1, 0.15) is 48.0 Å². The van der Waals surface area contributed by atoms with Gasteiger partial charge in [0.1, 0.15) is 25.1 Å². The number of nitrogens with zero attached hydrogens (tertiary/aromatic N) is 3. The number of fused-ring (bicyclic) bond motifs is 1. The molecule has 0 spiro atoms. The largest absolute Gasteiger partial charge is 0.491 e. The van der Waals surface area contributed by atoms with Gasteiger partial charge in [0.25, 0.3) is 11.8 Å². The summed E-state index contributed by atoms with van der Waals surface area (Å²) in [5.41, 5.74) is 1.27. The Hall–Kier alpha value is -2.92. The first kappa shape index (κ1) is 27.1. The maximum atomic E-state index is 13.2. The number of likely N-dealkylation sites (tertiary alicyclic amines) is 2. The summed E-state index contributed by atoms with van der Waals surface area (Å²) in [6.07, 6.45) is 2.11. The number of ether oxygens (including phenoxy) is 2. The standard InChI is InChI=1S/C26H37N3O7Si/c1-37(2,3)13-12-35-17-29-23(30)10-9-22(25(29)32)28-15-18-14-20(7-8-21(18)24(28)31)36-16-19-6-4-5-11-27(19)26(33)34/h7-8,14,19,22H,4-6,9-13,15-17H2,1-3H3,(H,33,34)/t19-,22?/m0/s1. The number of benzene rings is 1. The van der Waals surface area contributed by atoms with Gasteiger partial charge in [0.15, 0.2) is 0 Å². The van der Waals surface area contributed by atoms with E-state index in [0.29, 0.717) is 30.9 Å². The quantitative estimate of drug-likeness (QED) is 0.295. The lowest BCUT2D eigenvalue weighted by Gasteiger charge is -2.35. The van der Waals surface area contributed by atoms with Crippen LogP contribution in [-0.2, 0) is 20.9 Å². The van der Waals surface area contributed by atoms with Gasteiger partial charge < -0.3 is 24.4 Å². The van der Waals surface area contributed by atoms with Crippen LogP contribution in [0.5, 0.6) is 5.75 Å². The third kappa shape index (κ3) is 6.32. The summed E-state index contributed by atoms with van der Waals surface area (Å²) < 4.78 is 11.6. The molecular weight excluding hydrogens is 494 g/mol. The lowest BCUT2D eigenvalue weighted by molar-refractivity contribution is -0.158. The van der Waals surface area contributed by atoms with Crippen molar-refractivity contribution in [3.63, 3.8) is 0 Å². The van der Waals surface area contributed by atoms with E-state index in [1.807, 2.05) is 0 Å². The Morgan fingerprint density at radius 3 is 2.65 bits per heavy atom. The molecule has 4 rings (SSSR count). The second-order valence-electron chi connectivity index (χ2n) is 11.3. The van der Waals surface area contributed by atoms with Crippen molar-refractivity contribution in [2.75, 3.05) is 26.5 Å². The normalized spacial score (nSPS) is 22.5. The fraction of sp³-hybridized carbons (Fsp3) is 0.615. The van der Waals surface area contributed by atoms with Crippen LogP contribution < -0.4 is 4.74 Å². The second kappa shape index (κ2) is 11.2. The molecular formula is C26H37N3O7Si. The van der Waals surface area contributed by atoms with Gasteiger partial charge in [0, 0.05) is 39.8 Å². The summed E-state index contributed by atoms with van der Waals surface area (Å²) in [7, 11) is -1.29. The highest BCUT2D eigenvalue weighted by Gasteiger charge is 2.43. The molecule has 2 saturated heterocycles. The van der Waals surface area contributed by atoms with E-state index in [0.717, 1.165) is 35.8 Å². The van der Waals surface area contributed by atoms with E-state index in [4.69, 9.17) is 9.47 Å². The number of carbonyl (C=O) groups excluding carboxylic acids is 3. The molecule has 1 unspecified atom stereocenters. The molecule has 37 heavy (non-hydrogen) atoms. The summed E-state index contributed by atoms with van der Waals surface area (Å²) in [5, 5.41) is 9.43. The second-order valence-corrected chi connectivity index (χ2v) is 16.9. The van der Waals surface area contributed by atoms with E-state index in [1.54, 1.807) is 18.2 Å². The molecule has 1 aromatic carbocycles. The van der Waals surface area contributed by atoms with Crippen LogP contribution >= 0.6 is 0 Å². The molecule has 4 amide bonds. The molecule has 0 aromatic heterocycles. The predicted octanol–water partition coefficient (Wildman–Crippen LogP) is 3.38. The van der Waals surface area contributed by atoms with Crippen LogP contribution in [0, 0.1) is 0 Å². The van der Waals surface area contributed by atoms with Crippen LogP contribution in [0.25, 0.3) is 0 Å². The minimum atomic E-state index is -1.29. The van der Waals surface area contributed by atoms with Gasteiger partial charge in [-0.25, -0.2) is 4.79 Å². The number of hydrogen-bond acceptors (Lipinski definition) is 6. The van der Waals surface area contributed by atoms with Crippen molar-refractivity contribution in [3.8, 4) is 5.75 Å². The molecule has 3 aliphatic heterocycles. The van der Waals surface area contributed by atoms with Crippen LogP contribution in [0.2, 0.25) is 25.7 Å². The van der Waals surface area contributed by atoms with Gasteiger partial charge in [-0.2, -0.15) is 0 Å².